The third kappa shape index (κ3) is 3.02. The van der Waals surface area contributed by atoms with Gasteiger partial charge in [-0.2, -0.15) is 10.2 Å². The summed E-state index contributed by atoms with van der Waals surface area (Å²) in [4.78, 5) is 12.0. The summed E-state index contributed by atoms with van der Waals surface area (Å²) in [6.45, 7) is 0. The summed E-state index contributed by atoms with van der Waals surface area (Å²) in [5.74, 6) is -0.104. The molecule has 86 valence electrons. The number of hydrogen-bond acceptors (Lipinski definition) is 3. The third-order valence-corrected chi connectivity index (χ3v) is 2.75. The Morgan fingerprint density at radius 2 is 2.06 bits per heavy atom. The lowest BCUT2D eigenvalue weighted by molar-refractivity contribution is 0.0992. The van der Waals surface area contributed by atoms with E-state index in [1.165, 1.54) is 0 Å². The summed E-state index contributed by atoms with van der Waals surface area (Å²) >= 11 is 11.7. The van der Waals surface area contributed by atoms with Crippen molar-refractivity contribution in [3.8, 4) is 0 Å². The smallest absolute Gasteiger partial charge is 0.170 e. The molecular formula is C12H8Cl2N2O. The summed E-state index contributed by atoms with van der Waals surface area (Å²) in [7, 11) is 0. The molecule has 0 amide bonds. The van der Waals surface area contributed by atoms with Gasteiger partial charge in [-0.05, 0) is 30.3 Å². The Morgan fingerprint density at radius 1 is 1.24 bits per heavy atom. The van der Waals surface area contributed by atoms with E-state index in [4.69, 9.17) is 23.2 Å². The topological polar surface area (TPSA) is 42.9 Å². The number of carbonyl (C=O) groups excluding carboxylic acids is 1. The molecule has 0 radical (unpaired) electrons. The van der Waals surface area contributed by atoms with Crippen molar-refractivity contribution >= 4 is 29.0 Å². The Balaban J connectivity index is 2.21. The molecule has 0 bridgehead atoms. The summed E-state index contributed by atoms with van der Waals surface area (Å²) in [6, 6.07) is 8.28. The molecule has 2 aromatic rings. The summed E-state index contributed by atoms with van der Waals surface area (Å²) < 4.78 is 0. The molecule has 0 saturated heterocycles. The number of Topliss-reactive ketones (excluding diaryl/α,β-unsaturated/α-hetero) is 1. The minimum Gasteiger partial charge on any atom is -0.294 e. The van der Waals surface area contributed by atoms with Gasteiger partial charge in [-0.1, -0.05) is 23.2 Å². The van der Waals surface area contributed by atoms with Crippen molar-refractivity contribution in [1.29, 1.82) is 0 Å². The van der Waals surface area contributed by atoms with Crippen LogP contribution in [0.4, 0.5) is 0 Å². The van der Waals surface area contributed by atoms with Crippen molar-refractivity contribution in [2.45, 2.75) is 6.42 Å². The maximum Gasteiger partial charge on any atom is 0.170 e. The molecular weight excluding hydrogens is 259 g/mol. The minimum absolute atomic E-state index is 0.104. The zero-order chi connectivity index (χ0) is 12.3. The van der Waals surface area contributed by atoms with Gasteiger partial charge in [0.2, 0.25) is 0 Å². The summed E-state index contributed by atoms with van der Waals surface area (Å²) in [5, 5.41) is 8.42. The molecule has 0 aliphatic heterocycles. The van der Waals surface area contributed by atoms with Crippen LogP contribution in [-0.4, -0.2) is 16.0 Å². The molecule has 2 rings (SSSR count). The number of nitrogens with zero attached hydrogens (tertiary/aromatic N) is 2. The second-order valence-electron chi connectivity index (χ2n) is 3.44. The van der Waals surface area contributed by atoms with E-state index in [1.807, 2.05) is 0 Å². The van der Waals surface area contributed by atoms with Gasteiger partial charge >= 0.3 is 0 Å². The highest BCUT2D eigenvalue weighted by molar-refractivity contribution is 6.36. The molecule has 0 unspecified atom stereocenters. The number of benzene rings is 1. The number of aromatic nitrogens is 2. The maximum absolute atomic E-state index is 12.0. The van der Waals surface area contributed by atoms with Crippen molar-refractivity contribution in [2.24, 2.45) is 0 Å². The van der Waals surface area contributed by atoms with E-state index in [0.717, 1.165) is 0 Å². The molecule has 1 aromatic heterocycles. The van der Waals surface area contributed by atoms with Gasteiger partial charge in [-0.25, -0.2) is 0 Å². The monoisotopic (exact) mass is 266 g/mol. The third-order valence-electron chi connectivity index (χ3n) is 2.20. The van der Waals surface area contributed by atoms with E-state index < -0.39 is 0 Å². The van der Waals surface area contributed by atoms with Gasteiger partial charge in [0.25, 0.3) is 0 Å². The standard InChI is InChI=1S/C12H8Cl2N2O/c13-8-3-4-10(11(14)6-8)12(17)7-9-2-1-5-15-16-9/h1-6H,7H2. The first-order valence-corrected chi connectivity index (χ1v) is 5.67. The predicted octanol–water partition coefficient (Wildman–Crippen LogP) is 3.21. The molecule has 0 aliphatic carbocycles. The van der Waals surface area contributed by atoms with E-state index in [-0.39, 0.29) is 12.2 Å². The molecule has 5 heteroatoms. The Morgan fingerprint density at radius 3 is 2.71 bits per heavy atom. The summed E-state index contributed by atoms with van der Waals surface area (Å²) in [5.41, 5.74) is 1.06. The van der Waals surface area contributed by atoms with Crippen LogP contribution in [0.25, 0.3) is 0 Å². The van der Waals surface area contributed by atoms with Gasteiger partial charge in [0.15, 0.2) is 5.78 Å². The number of carbonyl (C=O) groups is 1. The van der Waals surface area contributed by atoms with Crippen molar-refractivity contribution in [1.82, 2.24) is 10.2 Å². The molecule has 0 N–H and O–H groups in total. The predicted molar refractivity (Wildman–Crippen MR) is 66.5 cm³/mol. The van der Waals surface area contributed by atoms with E-state index in [0.29, 0.717) is 21.3 Å². The average molecular weight is 267 g/mol. The van der Waals surface area contributed by atoms with Gasteiger partial charge in [-0.3, -0.25) is 4.79 Å². The van der Waals surface area contributed by atoms with E-state index in [9.17, 15) is 4.79 Å². The first-order valence-electron chi connectivity index (χ1n) is 4.91. The normalized spacial score (nSPS) is 10.2. The van der Waals surface area contributed by atoms with Gasteiger partial charge in [-0.15, -0.1) is 0 Å². The van der Waals surface area contributed by atoms with E-state index >= 15 is 0 Å². The first kappa shape index (κ1) is 12.0. The van der Waals surface area contributed by atoms with Gasteiger partial charge in [0.1, 0.15) is 0 Å². The quantitative estimate of drug-likeness (QED) is 0.802. The lowest BCUT2D eigenvalue weighted by Gasteiger charge is -2.03. The van der Waals surface area contributed by atoms with Crippen LogP contribution >= 0.6 is 23.2 Å². The fraction of sp³-hybridized carbons (Fsp3) is 0.0833. The SMILES string of the molecule is O=C(Cc1cccnn1)c1ccc(Cl)cc1Cl. The maximum atomic E-state index is 12.0. The molecule has 0 saturated carbocycles. The van der Waals surface area contributed by atoms with Crippen LogP contribution in [0.15, 0.2) is 36.5 Å². The van der Waals surface area contributed by atoms with E-state index in [2.05, 4.69) is 10.2 Å². The fourth-order valence-electron chi connectivity index (χ4n) is 1.40. The Bertz CT molecular complexity index is 543. The number of hydrogen-bond donors (Lipinski definition) is 0. The lowest BCUT2D eigenvalue weighted by atomic mass is 10.1. The zero-order valence-electron chi connectivity index (χ0n) is 8.73. The molecule has 0 atom stereocenters. The molecule has 17 heavy (non-hydrogen) atoms. The highest BCUT2D eigenvalue weighted by Gasteiger charge is 2.12. The molecule has 0 aliphatic rings. The van der Waals surface area contributed by atoms with Gasteiger partial charge in [0.05, 0.1) is 17.1 Å². The second kappa shape index (κ2) is 5.25. The number of halogens is 2. The van der Waals surface area contributed by atoms with Crippen LogP contribution in [-0.2, 0) is 6.42 Å². The highest BCUT2D eigenvalue weighted by Crippen LogP contribution is 2.22. The molecule has 1 heterocycles. The molecule has 0 spiro atoms. The van der Waals surface area contributed by atoms with Crippen LogP contribution in [0.1, 0.15) is 16.1 Å². The minimum atomic E-state index is -0.104. The Kier molecular flexibility index (Phi) is 3.71. The fourth-order valence-corrected chi connectivity index (χ4v) is 1.92. The van der Waals surface area contributed by atoms with Crippen molar-refractivity contribution in [3.63, 3.8) is 0 Å². The molecule has 1 aromatic carbocycles. The van der Waals surface area contributed by atoms with Crippen molar-refractivity contribution in [3.05, 3.63) is 57.8 Å². The van der Waals surface area contributed by atoms with E-state index in [1.54, 1.807) is 36.5 Å². The zero-order valence-corrected chi connectivity index (χ0v) is 10.2. The van der Waals surface area contributed by atoms with Crippen LogP contribution in [0, 0.1) is 0 Å². The summed E-state index contributed by atoms with van der Waals surface area (Å²) in [6.07, 6.45) is 1.73. The average Bonchev–Trinajstić information content (AvgIpc) is 2.30. The highest BCUT2D eigenvalue weighted by atomic mass is 35.5. The largest absolute Gasteiger partial charge is 0.294 e. The number of ketones is 1. The van der Waals surface area contributed by atoms with Gasteiger partial charge in [0, 0.05) is 16.8 Å². The second-order valence-corrected chi connectivity index (χ2v) is 4.28. The van der Waals surface area contributed by atoms with Gasteiger partial charge < -0.3 is 0 Å². The van der Waals surface area contributed by atoms with Crippen LogP contribution in [0.5, 0.6) is 0 Å². The van der Waals surface area contributed by atoms with Crippen LogP contribution in [0.3, 0.4) is 0 Å². The van der Waals surface area contributed by atoms with Crippen LogP contribution in [0.2, 0.25) is 10.0 Å². The van der Waals surface area contributed by atoms with Crippen molar-refractivity contribution < 1.29 is 4.79 Å². The number of rotatable bonds is 3. The van der Waals surface area contributed by atoms with Crippen LogP contribution < -0.4 is 0 Å². The molecule has 0 fully saturated rings. The van der Waals surface area contributed by atoms with Crippen molar-refractivity contribution in [2.75, 3.05) is 0 Å². The Labute approximate surface area is 108 Å². The molecule has 3 nitrogen and oxygen atoms in total. The first-order chi connectivity index (χ1) is 8.16. The lowest BCUT2D eigenvalue weighted by Crippen LogP contribution is -2.06. The Hall–Kier alpha value is -1.45.